The van der Waals surface area contributed by atoms with Crippen LogP contribution in [-0.2, 0) is 16.0 Å². The number of amides is 2. The number of unbranched alkanes of at least 4 members (excludes halogenated alkanes) is 1. The highest BCUT2D eigenvalue weighted by molar-refractivity contribution is 5.87. The van der Waals surface area contributed by atoms with Gasteiger partial charge in [0.15, 0.2) is 0 Å². The van der Waals surface area contributed by atoms with Crippen LogP contribution in [0.25, 0.3) is 0 Å². The van der Waals surface area contributed by atoms with Gasteiger partial charge in [-0.05, 0) is 48.6 Å². The molecule has 0 bridgehead atoms. The first-order valence-electron chi connectivity index (χ1n) is 13.0. The minimum absolute atomic E-state index is 0.0948. The van der Waals surface area contributed by atoms with Crippen molar-refractivity contribution in [3.63, 3.8) is 0 Å². The van der Waals surface area contributed by atoms with Gasteiger partial charge < -0.3 is 10.2 Å². The van der Waals surface area contributed by atoms with Crippen LogP contribution in [0.3, 0.4) is 0 Å². The van der Waals surface area contributed by atoms with Crippen molar-refractivity contribution >= 4 is 11.8 Å². The van der Waals surface area contributed by atoms with Crippen LogP contribution in [0.1, 0.15) is 41.9 Å². The lowest BCUT2D eigenvalue weighted by atomic mass is 9.90. The molecule has 2 heterocycles. The van der Waals surface area contributed by atoms with Gasteiger partial charge in [0, 0.05) is 51.5 Å². The first-order chi connectivity index (χ1) is 17.7. The maximum atomic E-state index is 13.6. The van der Waals surface area contributed by atoms with Crippen LogP contribution >= 0.6 is 0 Å². The van der Waals surface area contributed by atoms with E-state index in [1.54, 1.807) is 6.20 Å². The molecule has 36 heavy (non-hydrogen) atoms. The van der Waals surface area contributed by atoms with Gasteiger partial charge in [-0.3, -0.25) is 19.5 Å². The fourth-order valence-electron chi connectivity index (χ4n) is 4.72. The highest BCUT2D eigenvalue weighted by Crippen LogP contribution is 2.27. The van der Waals surface area contributed by atoms with Crippen molar-refractivity contribution in [2.75, 3.05) is 39.3 Å². The number of carbonyl (C=O) groups is 2. The van der Waals surface area contributed by atoms with Crippen LogP contribution in [-0.4, -0.2) is 65.9 Å². The van der Waals surface area contributed by atoms with Gasteiger partial charge in [-0.1, -0.05) is 66.7 Å². The van der Waals surface area contributed by atoms with Gasteiger partial charge in [-0.25, -0.2) is 0 Å². The van der Waals surface area contributed by atoms with E-state index in [9.17, 15) is 9.59 Å². The third-order valence-corrected chi connectivity index (χ3v) is 6.78. The molecule has 188 valence electrons. The number of rotatable bonds is 11. The first-order valence-corrected chi connectivity index (χ1v) is 13.0. The smallest absolute Gasteiger partial charge is 0.234 e. The van der Waals surface area contributed by atoms with Gasteiger partial charge >= 0.3 is 0 Å². The number of benzene rings is 2. The summed E-state index contributed by atoms with van der Waals surface area (Å²) >= 11 is 0. The van der Waals surface area contributed by atoms with E-state index >= 15 is 0 Å². The molecular formula is C30H36N4O2. The summed E-state index contributed by atoms with van der Waals surface area (Å²) in [6, 6.07) is 24.1. The zero-order valence-electron chi connectivity index (χ0n) is 20.9. The fourth-order valence-corrected chi connectivity index (χ4v) is 4.72. The molecule has 4 rings (SSSR count). The summed E-state index contributed by atoms with van der Waals surface area (Å²) in [5.74, 6) is 0.0131. The minimum atomic E-state index is -0.263. The molecule has 1 aromatic heterocycles. The molecule has 1 aliphatic heterocycles. The predicted octanol–water partition coefficient (Wildman–Crippen LogP) is 3.89. The number of hydrogen-bond acceptors (Lipinski definition) is 4. The molecule has 6 nitrogen and oxygen atoms in total. The summed E-state index contributed by atoms with van der Waals surface area (Å²) in [7, 11) is 0. The van der Waals surface area contributed by atoms with Crippen molar-refractivity contribution in [1.29, 1.82) is 0 Å². The van der Waals surface area contributed by atoms with E-state index in [0.29, 0.717) is 13.0 Å². The Kier molecular flexibility index (Phi) is 9.62. The molecule has 1 saturated heterocycles. The monoisotopic (exact) mass is 484 g/mol. The van der Waals surface area contributed by atoms with E-state index in [1.807, 2.05) is 83.9 Å². The number of carbonyl (C=O) groups excluding carboxylic acids is 2. The summed E-state index contributed by atoms with van der Waals surface area (Å²) < 4.78 is 0. The summed E-state index contributed by atoms with van der Waals surface area (Å²) in [6.07, 6.45) is 6.76. The SMILES string of the molecule is O=C(CCc1cccnc1)NCCCCN1CCN(C(=O)C(c2ccccc2)c2ccccc2)CC1. The Morgan fingerprint density at radius 1 is 0.833 bits per heavy atom. The first kappa shape index (κ1) is 25.6. The number of hydrogen-bond donors (Lipinski definition) is 1. The molecule has 2 aromatic carbocycles. The van der Waals surface area contributed by atoms with Crippen molar-refractivity contribution in [2.24, 2.45) is 0 Å². The molecule has 3 aromatic rings. The molecule has 1 aliphatic rings. The van der Waals surface area contributed by atoms with Crippen molar-refractivity contribution < 1.29 is 9.59 Å². The van der Waals surface area contributed by atoms with E-state index in [1.165, 1.54) is 0 Å². The number of nitrogens with one attached hydrogen (secondary N) is 1. The van der Waals surface area contributed by atoms with Gasteiger partial charge in [0.2, 0.25) is 11.8 Å². The van der Waals surface area contributed by atoms with Crippen molar-refractivity contribution in [1.82, 2.24) is 20.1 Å². The zero-order valence-corrected chi connectivity index (χ0v) is 20.9. The predicted molar refractivity (Wildman–Crippen MR) is 143 cm³/mol. The van der Waals surface area contributed by atoms with E-state index in [2.05, 4.69) is 15.2 Å². The van der Waals surface area contributed by atoms with Gasteiger partial charge in [0.25, 0.3) is 0 Å². The lowest BCUT2D eigenvalue weighted by Gasteiger charge is -2.36. The largest absolute Gasteiger partial charge is 0.356 e. The number of pyridine rings is 1. The minimum Gasteiger partial charge on any atom is -0.356 e. The number of aryl methyl sites for hydroxylation is 1. The maximum Gasteiger partial charge on any atom is 0.234 e. The lowest BCUT2D eigenvalue weighted by molar-refractivity contribution is -0.133. The third kappa shape index (κ3) is 7.49. The third-order valence-electron chi connectivity index (χ3n) is 6.78. The van der Waals surface area contributed by atoms with Gasteiger partial charge in [-0.2, -0.15) is 0 Å². The highest BCUT2D eigenvalue weighted by atomic mass is 16.2. The molecule has 1 N–H and O–H groups in total. The van der Waals surface area contributed by atoms with Crippen molar-refractivity contribution in [2.45, 2.75) is 31.6 Å². The molecule has 0 spiro atoms. The zero-order chi connectivity index (χ0) is 25.0. The van der Waals surface area contributed by atoms with Gasteiger partial charge in [-0.15, -0.1) is 0 Å². The molecule has 0 unspecified atom stereocenters. The van der Waals surface area contributed by atoms with Gasteiger partial charge in [0.05, 0.1) is 5.92 Å². The molecule has 0 aliphatic carbocycles. The molecule has 0 radical (unpaired) electrons. The van der Waals surface area contributed by atoms with Crippen LogP contribution in [0.2, 0.25) is 0 Å². The molecule has 1 fully saturated rings. The molecule has 6 heteroatoms. The lowest BCUT2D eigenvalue weighted by Crippen LogP contribution is -2.50. The van der Waals surface area contributed by atoms with Crippen molar-refractivity contribution in [3.05, 3.63) is 102 Å². The second kappa shape index (κ2) is 13.5. The number of aromatic nitrogens is 1. The van der Waals surface area contributed by atoms with Crippen LogP contribution in [0.4, 0.5) is 0 Å². The molecular weight excluding hydrogens is 448 g/mol. The van der Waals surface area contributed by atoms with Crippen LogP contribution in [0.5, 0.6) is 0 Å². The summed E-state index contributed by atoms with van der Waals surface area (Å²) in [5, 5.41) is 3.03. The van der Waals surface area contributed by atoms with Crippen LogP contribution in [0, 0.1) is 0 Å². The Bertz CT molecular complexity index is 1030. The normalized spacial score (nSPS) is 14.1. The Balaban J connectivity index is 1.16. The highest BCUT2D eigenvalue weighted by Gasteiger charge is 2.29. The summed E-state index contributed by atoms with van der Waals surface area (Å²) in [6.45, 7) is 4.98. The van der Waals surface area contributed by atoms with E-state index in [-0.39, 0.29) is 17.7 Å². The quantitative estimate of drug-likeness (QED) is 0.420. The Hall–Kier alpha value is -3.51. The average molecular weight is 485 g/mol. The maximum absolute atomic E-state index is 13.6. The Morgan fingerprint density at radius 2 is 1.50 bits per heavy atom. The second-order valence-electron chi connectivity index (χ2n) is 9.34. The van der Waals surface area contributed by atoms with Crippen LogP contribution < -0.4 is 5.32 Å². The summed E-state index contributed by atoms with van der Waals surface area (Å²) in [4.78, 5) is 34.2. The second-order valence-corrected chi connectivity index (χ2v) is 9.34. The average Bonchev–Trinajstić information content (AvgIpc) is 2.94. The van der Waals surface area contributed by atoms with Crippen molar-refractivity contribution in [3.8, 4) is 0 Å². The molecule has 0 atom stereocenters. The molecule has 2 amide bonds. The fraction of sp³-hybridized carbons (Fsp3) is 0.367. The van der Waals surface area contributed by atoms with Crippen LogP contribution in [0.15, 0.2) is 85.2 Å². The topological polar surface area (TPSA) is 65.5 Å². The molecule has 0 saturated carbocycles. The Labute approximate surface area is 214 Å². The Morgan fingerprint density at radius 3 is 2.11 bits per heavy atom. The summed E-state index contributed by atoms with van der Waals surface area (Å²) in [5.41, 5.74) is 3.17. The van der Waals surface area contributed by atoms with E-state index in [4.69, 9.17) is 0 Å². The standard InChI is InChI=1S/C30H36N4O2/c35-28(16-15-25-10-9-17-31-24-25)32-18-7-8-19-33-20-22-34(23-21-33)30(36)29(26-11-3-1-4-12-26)27-13-5-2-6-14-27/h1-6,9-14,17,24,29H,7-8,15-16,18-23H2,(H,32,35). The number of nitrogens with zero attached hydrogens (tertiary/aromatic N) is 3. The number of piperazine rings is 1. The van der Waals surface area contributed by atoms with E-state index < -0.39 is 0 Å². The van der Waals surface area contributed by atoms with Gasteiger partial charge in [0.1, 0.15) is 0 Å². The van der Waals surface area contributed by atoms with E-state index in [0.717, 1.165) is 68.7 Å².